The van der Waals surface area contributed by atoms with Gasteiger partial charge in [-0.05, 0) is 40.7 Å². The summed E-state index contributed by atoms with van der Waals surface area (Å²) in [6.07, 6.45) is 0. The van der Waals surface area contributed by atoms with E-state index >= 15 is 0 Å². The van der Waals surface area contributed by atoms with Crippen molar-refractivity contribution in [3.8, 4) is 5.75 Å². The zero-order chi connectivity index (χ0) is 12.8. The largest absolute Gasteiger partial charge is 0.488 e. The fraction of sp³-hybridized carbons (Fsp3) is 0.286. The normalized spacial score (nSPS) is 10.6. The van der Waals surface area contributed by atoms with Crippen LogP contribution in [0.5, 0.6) is 5.75 Å². The molecule has 0 amide bonds. The van der Waals surface area contributed by atoms with Gasteiger partial charge < -0.3 is 10.1 Å². The second-order valence-corrected chi connectivity index (χ2v) is 6.43. The Morgan fingerprint density at radius 1 is 1.22 bits per heavy atom. The third-order valence-electron chi connectivity index (χ3n) is 2.54. The zero-order valence-electron chi connectivity index (χ0n) is 10.3. The molecule has 1 aromatic carbocycles. The van der Waals surface area contributed by atoms with Gasteiger partial charge in [0.05, 0.1) is 3.79 Å². The van der Waals surface area contributed by atoms with Gasteiger partial charge in [-0.1, -0.05) is 25.1 Å². The molecule has 2 aromatic rings. The Labute approximate surface area is 120 Å². The summed E-state index contributed by atoms with van der Waals surface area (Å²) in [7, 11) is 0. The minimum atomic E-state index is 0.624. The Bertz CT molecular complexity index is 498. The highest BCUT2D eigenvalue weighted by molar-refractivity contribution is 9.11. The first-order chi connectivity index (χ1) is 8.79. The van der Waals surface area contributed by atoms with Crippen LogP contribution >= 0.6 is 27.3 Å². The van der Waals surface area contributed by atoms with Crippen LogP contribution in [-0.2, 0) is 13.2 Å². The average Bonchev–Trinajstić information content (AvgIpc) is 2.81. The van der Waals surface area contributed by atoms with E-state index in [-0.39, 0.29) is 0 Å². The molecule has 0 aliphatic rings. The third kappa shape index (κ3) is 3.83. The maximum Gasteiger partial charge on any atom is 0.124 e. The van der Waals surface area contributed by atoms with Crippen molar-refractivity contribution in [3.63, 3.8) is 0 Å². The SMILES string of the molecule is CCNCc1ccccc1OCc1ccc(Br)s1. The highest BCUT2D eigenvalue weighted by Gasteiger charge is 2.04. The molecule has 4 heteroatoms. The summed E-state index contributed by atoms with van der Waals surface area (Å²) < 4.78 is 7.02. The van der Waals surface area contributed by atoms with E-state index in [1.165, 1.54) is 10.4 Å². The molecule has 0 aliphatic carbocycles. The maximum absolute atomic E-state index is 5.88. The van der Waals surface area contributed by atoms with Crippen molar-refractivity contribution < 1.29 is 4.74 Å². The Hall–Kier alpha value is -0.840. The van der Waals surface area contributed by atoms with Gasteiger partial charge in [0.2, 0.25) is 0 Å². The molecule has 0 saturated carbocycles. The van der Waals surface area contributed by atoms with Crippen LogP contribution in [0.4, 0.5) is 0 Å². The molecule has 0 spiro atoms. The van der Waals surface area contributed by atoms with Gasteiger partial charge in [0, 0.05) is 17.0 Å². The first-order valence-corrected chi connectivity index (χ1v) is 7.56. The number of thiophene rings is 1. The molecular weight excluding hydrogens is 310 g/mol. The van der Waals surface area contributed by atoms with E-state index in [4.69, 9.17) is 4.74 Å². The first kappa shape index (κ1) is 13.6. The Balaban J connectivity index is 1.99. The average molecular weight is 326 g/mol. The molecule has 2 rings (SSSR count). The molecule has 1 heterocycles. The topological polar surface area (TPSA) is 21.3 Å². The van der Waals surface area contributed by atoms with E-state index in [9.17, 15) is 0 Å². The predicted octanol–water partition coefficient (Wildman–Crippen LogP) is 4.20. The maximum atomic E-state index is 5.88. The van der Waals surface area contributed by atoms with Crippen LogP contribution in [0.2, 0.25) is 0 Å². The third-order valence-corrected chi connectivity index (χ3v) is 4.13. The first-order valence-electron chi connectivity index (χ1n) is 5.95. The number of rotatable bonds is 6. The quantitative estimate of drug-likeness (QED) is 0.859. The highest BCUT2D eigenvalue weighted by atomic mass is 79.9. The number of para-hydroxylation sites is 1. The lowest BCUT2D eigenvalue weighted by atomic mass is 10.2. The van der Waals surface area contributed by atoms with Crippen molar-refractivity contribution in [1.29, 1.82) is 0 Å². The van der Waals surface area contributed by atoms with Crippen LogP contribution in [0.15, 0.2) is 40.2 Å². The van der Waals surface area contributed by atoms with Gasteiger partial charge in [-0.25, -0.2) is 0 Å². The van der Waals surface area contributed by atoms with Gasteiger partial charge in [0.15, 0.2) is 0 Å². The fourth-order valence-electron chi connectivity index (χ4n) is 1.63. The standard InChI is InChI=1S/C14H16BrNOS/c1-2-16-9-11-5-3-4-6-13(11)17-10-12-7-8-14(15)18-12/h3-8,16H,2,9-10H2,1H3. The molecule has 0 atom stereocenters. The molecule has 18 heavy (non-hydrogen) atoms. The molecule has 0 saturated heterocycles. The van der Waals surface area contributed by atoms with E-state index in [1.807, 2.05) is 24.3 Å². The van der Waals surface area contributed by atoms with Crippen molar-refractivity contribution in [2.24, 2.45) is 0 Å². The van der Waals surface area contributed by atoms with Gasteiger partial charge in [0.25, 0.3) is 0 Å². The van der Waals surface area contributed by atoms with Crippen molar-refractivity contribution >= 4 is 27.3 Å². The summed E-state index contributed by atoms with van der Waals surface area (Å²) in [6.45, 7) is 4.54. The summed E-state index contributed by atoms with van der Waals surface area (Å²) in [5.74, 6) is 0.961. The molecule has 2 nitrogen and oxygen atoms in total. The van der Waals surface area contributed by atoms with Crippen molar-refractivity contribution in [2.75, 3.05) is 6.54 Å². The molecule has 0 unspecified atom stereocenters. The lowest BCUT2D eigenvalue weighted by Gasteiger charge is -2.10. The molecule has 0 radical (unpaired) electrons. The number of hydrogen-bond donors (Lipinski definition) is 1. The number of ether oxygens (including phenoxy) is 1. The smallest absolute Gasteiger partial charge is 0.124 e. The number of halogens is 1. The molecular formula is C14H16BrNOS. The summed E-state index contributed by atoms with van der Waals surface area (Å²) in [4.78, 5) is 1.22. The van der Waals surface area contributed by atoms with Gasteiger partial charge in [-0.2, -0.15) is 0 Å². The van der Waals surface area contributed by atoms with E-state index in [1.54, 1.807) is 11.3 Å². The molecule has 1 aromatic heterocycles. The van der Waals surface area contributed by atoms with E-state index in [0.717, 1.165) is 22.6 Å². The van der Waals surface area contributed by atoms with Crippen molar-refractivity contribution in [1.82, 2.24) is 5.32 Å². The lowest BCUT2D eigenvalue weighted by Crippen LogP contribution is -2.12. The number of nitrogens with one attached hydrogen (secondary N) is 1. The monoisotopic (exact) mass is 325 g/mol. The van der Waals surface area contributed by atoms with Gasteiger partial charge in [0.1, 0.15) is 12.4 Å². The molecule has 0 fully saturated rings. The van der Waals surface area contributed by atoms with Crippen LogP contribution in [-0.4, -0.2) is 6.54 Å². The van der Waals surface area contributed by atoms with Crippen LogP contribution in [0.3, 0.4) is 0 Å². The van der Waals surface area contributed by atoms with Gasteiger partial charge >= 0.3 is 0 Å². The molecule has 0 aliphatic heterocycles. The lowest BCUT2D eigenvalue weighted by molar-refractivity contribution is 0.305. The Morgan fingerprint density at radius 3 is 2.78 bits per heavy atom. The van der Waals surface area contributed by atoms with Crippen LogP contribution in [0.25, 0.3) is 0 Å². The fourth-order valence-corrected chi connectivity index (χ4v) is 3.02. The second kappa shape index (κ2) is 6.92. The summed E-state index contributed by atoms with van der Waals surface area (Å²) >= 11 is 5.17. The molecule has 0 bridgehead atoms. The Kier molecular flexibility index (Phi) is 5.23. The second-order valence-electron chi connectivity index (χ2n) is 3.88. The van der Waals surface area contributed by atoms with Crippen LogP contribution in [0, 0.1) is 0 Å². The predicted molar refractivity (Wildman–Crippen MR) is 80.2 cm³/mol. The Morgan fingerprint density at radius 2 is 2.06 bits per heavy atom. The highest BCUT2D eigenvalue weighted by Crippen LogP contribution is 2.24. The summed E-state index contributed by atoms with van der Waals surface area (Å²) in [6, 6.07) is 12.3. The summed E-state index contributed by atoms with van der Waals surface area (Å²) in [5.41, 5.74) is 1.20. The van der Waals surface area contributed by atoms with E-state index < -0.39 is 0 Å². The minimum absolute atomic E-state index is 0.624. The molecule has 1 N–H and O–H groups in total. The van der Waals surface area contributed by atoms with E-state index in [2.05, 4.69) is 40.3 Å². The number of benzene rings is 1. The minimum Gasteiger partial charge on any atom is -0.488 e. The van der Waals surface area contributed by atoms with Crippen LogP contribution < -0.4 is 10.1 Å². The summed E-state index contributed by atoms with van der Waals surface area (Å²) in [5, 5.41) is 3.32. The molecule has 96 valence electrons. The zero-order valence-corrected chi connectivity index (χ0v) is 12.7. The van der Waals surface area contributed by atoms with Gasteiger partial charge in [-0.15, -0.1) is 11.3 Å². The van der Waals surface area contributed by atoms with Gasteiger partial charge in [-0.3, -0.25) is 0 Å². The van der Waals surface area contributed by atoms with Crippen LogP contribution in [0.1, 0.15) is 17.4 Å². The van der Waals surface area contributed by atoms with E-state index in [0.29, 0.717) is 6.61 Å². The number of hydrogen-bond acceptors (Lipinski definition) is 3. The van der Waals surface area contributed by atoms with Crippen molar-refractivity contribution in [2.45, 2.75) is 20.1 Å². The van der Waals surface area contributed by atoms with Crippen molar-refractivity contribution in [3.05, 3.63) is 50.6 Å².